The van der Waals surface area contributed by atoms with Crippen LogP contribution in [0.5, 0.6) is 0 Å². The molecule has 9 nitrogen and oxygen atoms in total. The zero-order valence-electron chi connectivity index (χ0n) is 49.3. The van der Waals surface area contributed by atoms with Crippen LogP contribution in [0.2, 0.25) is 0 Å². The van der Waals surface area contributed by atoms with Gasteiger partial charge in [0.2, 0.25) is 5.91 Å². The van der Waals surface area contributed by atoms with Crippen molar-refractivity contribution in [2.75, 3.05) is 40.9 Å². The standard InChI is InChI=1S/C67H109N2O7P/c1-7-10-13-16-19-22-25-27-29-31-33-34-36-38-40-42-45-48-51-54-57-60-67(71)76-65(58-55-52-49-46-43-24-21-18-15-12-9-3)64(63-75-77(72,73)74-62-61-69(4,5)6)68-66(70)59-56-53-50-47-44-41-39-37-35-32-30-28-26-23-20-17-14-11-8-2/h10-11,13-14,19-20,22-23,27-30,33-35,37-38,40-41,44-45,48,50,53,55,58,64-65H,7-9,12,15-18,21,24-26,31-32,36,39,42-43,46-47,49,51-52,54,56-57,59-63H2,1-6H3,(H-,68,70,72,73)/b13-10-,14-11-,22-19-,23-20-,29-27-,30-28-,34-33-,37-35-,40-38-,44-41-,48-45-,53-50-,58-55+. The first kappa shape index (κ1) is 72.6. The lowest BCUT2D eigenvalue weighted by atomic mass is 10.1. The predicted molar refractivity (Wildman–Crippen MR) is 329 cm³/mol. The van der Waals surface area contributed by atoms with Crippen molar-refractivity contribution in [2.45, 2.75) is 213 Å². The number of amides is 1. The lowest BCUT2D eigenvalue weighted by Gasteiger charge is -2.30. The summed E-state index contributed by atoms with van der Waals surface area (Å²) in [6, 6.07) is -0.959. The molecule has 0 spiro atoms. The number of unbranched alkanes of at least 4 members (excludes halogenated alkanes) is 11. The van der Waals surface area contributed by atoms with E-state index in [0.29, 0.717) is 23.9 Å². The second kappa shape index (κ2) is 55.0. The van der Waals surface area contributed by atoms with Crippen LogP contribution in [0.4, 0.5) is 0 Å². The number of esters is 1. The Balaban J connectivity index is 5.48. The first-order valence-electron chi connectivity index (χ1n) is 29.8. The quantitative estimate of drug-likeness (QED) is 0.0212. The first-order chi connectivity index (χ1) is 37.4. The van der Waals surface area contributed by atoms with E-state index in [0.717, 1.165) is 109 Å². The number of carbonyl (C=O) groups excluding carboxylic acids is 2. The van der Waals surface area contributed by atoms with E-state index in [9.17, 15) is 19.0 Å². The molecule has 77 heavy (non-hydrogen) atoms. The molecule has 0 heterocycles. The van der Waals surface area contributed by atoms with Gasteiger partial charge in [-0.05, 0) is 122 Å². The molecule has 0 saturated carbocycles. The number of likely N-dealkylation sites (N-methyl/N-ethyl adjacent to an activating group) is 1. The average Bonchev–Trinajstić information content (AvgIpc) is 3.39. The van der Waals surface area contributed by atoms with E-state index in [1.165, 1.54) is 44.9 Å². The minimum Gasteiger partial charge on any atom is -0.756 e. The topological polar surface area (TPSA) is 114 Å². The third-order valence-corrected chi connectivity index (χ3v) is 12.9. The molecule has 1 amide bonds. The Kier molecular flexibility index (Phi) is 51.8. The summed E-state index contributed by atoms with van der Waals surface area (Å²) in [7, 11) is 1.09. The Morgan fingerprint density at radius 2 is 0.844 bits per heavy atom. The number of ether oxygens (including phenoxy) is 1. The highest BCUT2D eigenvalue weighted by atomic mass is 31.2. The lowest BCUT2D eigenvalue weighted by molar-refractivity contribution is -0.870. The average molecular weight is 1090 g/mol. The van der Waals surface area contributed by atoms with E-state index in [2.05, 4.69) is 160 Å². The Hall–Kier alpha value is -4.37. The number of phosphoric acid groups is 1. The molecule has 0 aromatic carbocycles. The van der Waals surface area contributed by atoms with Crippen LogP contribution in [-0.2, 0) is 27.9 Å². The number of nitrogens with zero attached hydrogens (tertiary/aromatic N) is 1. The molecule has 0 aliphatic rings. The van der Waals surface area contributed by atoms with E-state index < -0.39 is 32.5 Å². The van der Waals surface area contributed by atoms with Gasteiger partial charge in [0.15, 0.2) is 0 Å². The minimum atomic E-state index is -4.74. The zero-order valence-corrected chi connectivity index (χ0v) is 50.2. The number of rotatable bonds is 51. The van der Waals surface area contributed by atoms with Crippen molar-refractivity contribution >= 4 is 19.7 Å². The first-order valence-corrected chi connectivity index (χ1v) is 31.3. The number of allylic oxidation sites excluding steroid dienone is 25. The van der Waals surface area contributed by atoms with Crippen molar-refractivity contribution in [3.63, 3.8) is 0 Å². The molecule has 3 atom stereocenters. The smallest absolute Gasteiger partial charge is 0.306 e. The van der Waals surface area contributed by atoms with Gasteiger partial charge in [-0.3, -0.25) is 14.2 Å². The molecule has 10 heteroatoms. The van der Waals surface area contributed by atoms with Crippen molar-refractivity contribution in [2.24, 2.45) is 0 Å². The molecule has 0 aromatic rings. The maximum atomic E-state index is 13.5. The second-order valence-electron chi connectivity index (χ2n) is 20.4. The van der Waals surface area contributed by atoms with E-state index in [4.69, 9.17) is 13.8 Å². The Morgan fingerprint density at radius 3 is 1.27 bits per heavy atom. The number of hydrogen-bond donors (Lipinski definition) is 1. The fraction of sp³-hybridized carbons (Fsp3) is 0.582. The van der Waals surface area contributed by atoms with Crippen molar-refractivity contribution in [3.05, 3.63) is 158 Å². The fourth-order valence-corrected chi connectivity index (χ4v) is 8.15. The van der Waals surface area contributed by atoms with Crippen LogP contribution in [0.3, 0.4) is 0 Å². The van der Waals surface area contributed by atoms with Crippen LogP contribution in [0.25, 0.3) is 0 Å². The molecule has 434 valence electrons. The molecule has 0 radical (unpaired) electrons. The Morgan fingerprint density at radius 1 is 0.468 bits per heavy atom. The predicted octanol–water partition coefficient (Wildman–Crippen LogP) is 17.8. The van der Waals surface area contributed by atoms with Gasteiger partial charge < -0.3 is 28.5 Å². The van der Waals surface area contributed by atoms with Crippen molar-refractivity contribution < 1.29 is 37.3 Å². The SMILES string of the molecule is CC/C=C\C/C=C\C/C=C\C/C=C\C/C=C\C/C=C\CCCCC(=O)OC(/C=C/CCCCCCCCCCC)C(COP(=O)([O-])OCC[N+](C)(C)C)NC(=O)CC/C=C\C/C=C\C/C=C\C/C=C\C/C=C\C/C=C\CC. The normalized spacial score (nSPS) is 14.8. The molecule has 0 saturated heterocycles. The molecule has 0 fully saturated rings. The summed E-state index contributed by atoms with van der Waals surface area (Å²) >= 11 is 0. The highest BCUT2D eigenvalue weighted by Gasteiger charge is 2.27. The van der Waals surface area contributed by atoms with Crippen molar-refractivity contribution in [1.29, 1.82) is 0 Å². The number of quaternary nitrogens is 1. The van der Waals surface area contributed by atoms with Crippen LogP contribution < -0.4 is 10.2 Å². The summed E-state index contributed by atoms with van der Waals surface area (Å²) in [6.45, 7) is 6.48. The van der Waals surface area contributed by atoms with Gasteiger partial charge in [0.05, 0.1) is 33.8 Å². The van der Waals surface area contributed by atoms with Gasteiger partial charge in [-0.25, -0.2) is 0 Å². The number of nitrogens with one attached hydrogen (secondary N) is 1. The van der Waals surface area contributed by atoms with Gasteiger partial charge in [-0.1, -0.05) is 224 Å². The highest BCUT2D eigenvalue weighted by molar-refractivity contribution is 7.45. The van der Waals surface area contributed by atoms with Gasteiger partial charge in [-0.15, -0.1) is 0 Å². The summed E-state index contributed by atoms with van der Waals surface area (Å²) in [5.41, 5.74) is 0. The summed E-state index contributed by atoms with van der Waals surface area (Å²) in [4.78, 5) is 39.9. The molecular weight excluding hydrogens is 976 g/mol. The second-order valence-corrected chi connectivity index (χ2v) is 21.8. The van der Waals surface area contributed by atoms with E-state index >= 15 is 0 Å². The molecular formula is C67H109N2O7P. The van der Waals surface area contributed by atoms with Crippen LogP contribution in [0.15, 0.2) is 158 Å². The van der Waals surface area contributed by atoms with Crippen LogP contribution >= 0.6 is 7.82 Å². The third-order valence-electron chi connectivity index (χ3n) is 12.0. The molecule has 0 aromatic heterocycles. The Bertz CT molecular complexity index is 1870. The van der Waals surface area contributed by atoms with Crippen molar-refractivity contribution in [1.82, 2.24) is 5.32 Å². The number of phosphoric ester groups is 1. The summed E-state index contributed by atoms with van der Waals surface area (Å²) in [5, 5.41) is 2.95. The minimum absolute atomic E-state index is 0.0527. The lowest BCUT2D eigenvalue weighted by Crippen LogP contribution is -2.47. The van der Waals surface area contributed by atoms with Gasteiger partial charge in [-0.2, -0.15) is 0 Å². The number of hydrogen-bond acceptors (Lipinski definition) is 7. The summed E-state index contributed by atoms with van der Waals surface area (Å²) < 4.78 is 30.2. The highest BCUT2D eigenvalue weighted by Crippen LogP contribution is 2.38. The molecule has 0 bridgehead atoms. The van der Waals surface area contributed by atoms with Crippen LogP contribution in [0.1, 0.15) is 201 Å². The third kappa shape index (κ3) is 56.2. The maximum absolute atomic E-state index is 13.5. The maximum Gasteiger partial charge on any atom is 0.306 e. The summed E-state index contributed by atoms with van der Waals surface area (Å²) in [6.07, 6.45) is 80.9. The van der Waals surface area contributed by atoms with Crippen LogP contribution in [-0.4, -0.2) is 69.4 Å². The summed E-state index contributed by atoms with van der Waals surface area (Å²) in [5.74, 6) is -0.707. The van der Waals surface area contributed by atoms with Gasteiger partial charge in [0, 0.05) is 12.8 Å². The van der Waals surface area contributed by atoms with Gasteiger partial charge in [0.25, 0.3) is 7.82 Å². The number of carbonyl (C=O) groups is 2. The molecule has 1 N–H and O–H groups in total. The molecule has 0 aliphatic carbocycles. The van der Waals surface area contributed by atoms with Gasteiger partial charge in [0.1, 0.15) is 19.3 Å². The fourth-order valence-electron chi connectivity index (χ4n) is 7.43. The van der Waals surface area contributed by atoms with Crippen LogP contribution in [0, 0.1) is 0 Å². The van der Waals surface area contributed by atoms with E-state index in [1.807, 2.05) is 39.4 Å². The van der Waals surface area contributed by atoms with E-state index in [1.54, 1.807) is 6.08 Å². The molecule has 3 unspecified atom stereocenters. The Labute approximate surface area is 471 Å². The molecule has 0 rings (SSSR count). The monoisotopic (exact) mass is 1080 g/mol. The van der Waals surface area contributed by atoms with Crippen molar-refractivity contribution in [3.8, 4) is 0 Å². The van der Waals surface area contributed by atoms with E-state index in [-0.39, 0.29) is 25.4 Å². The zero-order chi connectivity index (χ0) is 56.4. The van der Waals surface area contributed by atoms with Gasteiger partial charge >= 0.3 is 5.97 Å². The largest absolute Gasteiger partial charge is 0.756 e. The molecule has 0 aliphatic heterocycles.